The molecule has 5 nitrogen and oxygen atoms in total. The van der Waals surface area contributed by atoms with Crippen LogP contribution in [-0.4, -0.2) is 17.3 Å². The Labute approximate surface area is 109 Å². The molecule has 1 heterocycles. The van der Waals surface area contributed by atoms with Crippen molar-refractivity contribution >= 4 is 17.3 Å². The SMILES string of the molecule is COc1ccc(CNc2c(Cl)cn[nH]c2=O)cc1. The lowest BCUT2D eigenvalue weighted by Gasteiger charge is -2.07. The van der Waals surface area contributed by atoms with E-state index in [0.29, 0.717) is 17.3 Å². The first-order chi connectivity index (χ1) is 8.70. The Morgan fingerprint density at radius 3 is 2.72 bits per heavy atom. The lowest BCUT2D eigenvalue weighted by atomic mass is 10.2. The second-order valence-electron chi connectivity index (χ2n) is 3.62. The second kappa shape index (κ2) is 5.55. The Hall–Kier alpha value is -2.01. The van der Waals surface area contributed by atoms with Gasteiger partial charge in [-0.05, 0) is 17.7 Å². The molecule has 2 aromatic rings. The molecule has 1 aromatic carbocycles. The van der Waals surface area contributed by atoms with Crippen molar-refractivity contribution in [1.82, 2.24) is 10.2 Å². The predicted molar refractivity (Wildman–Crippen MR) is 70.2 cm³/mol. The van der Waals surface area contributed by atoms with Crippen LogP contribution in [0.3, 0.4) is 0 Å². The van der Waals surface area contributed by atoms with Gasteiger partial charge in [0, 0.05) is 6.54 Å². The molecule has 18 heavy (non-hydrogen) atoms. The van der Waals surface area contributed by atoms with Crippen molar-refractivity contribution in [2.45, 2.75) is 6.54 Å². The fourth-order valence-electron chi connectivity index (χ4n) is 1.48. The molecule has 0 saturated carbocycles. The first kappa shape index (κ1) is 12.4. The highest BCUT2D eigenvalue weighted by Gasteiger charge is 2.05. The van der Waals surface area contributed by atoms with Gasteiger partial charge in [0.25, 0.3) is 5.56 Å². The van der Waals surface area contributed by atoms with E-state index in [4.69, 9.17) is 16.3 Å². The van der Waals surface area contributed by atoms with E-state index in [-0.39, 0.29) is 5.56 Å². The molecule has 0 fully saturated rings. The van der Waals surface area contributed by atoms with Gasteiger partial charge in [-0.2, -0.15) is 5.10 Å². The third-order valence-electron chi connectivity index (χ3n) is 2.44. The van der Waals surface area contributed by atoms with Gasteiger partial charge in [-0.3, -0.25) is 4.79 Å². The molecule has 0 spiro atoms. The molecule has 6 heteroatoms. The van der Waals surface area contributed by atoms with Crippen LogP contribution in [0.25, 0.3) is 0 Å². The highest BCUT2D eigenvalue weighted by molar-refractivity contribution is 6.32. The van der Waals surface area contributed by atoms with Crippen molar-refractivity contribution < 1.29 is 4.74 Å². The molecule has 0 aliphatic carbocycles. The fraction of sp³-hybridized carbons (Fsp3) is 0.167. The van der Waals surface area contributed by atoms with E-state index in [9.17, 15) is 4.79 Å². The average molecular weight is 266 g/mol. The standard InChI is InChI=1S/C12H12ClN3O2/c1-18-9-4-2-8(3-5-9)6-14-11-10(13)7-15-16-12(11)17/h2-5,7H,6H2,1H3,(H,14,15)(H,16,17). The van der Waals surface area contributed by atoms with E-state index in [1.54, 1.807) is 7.11 Å². The summed E-state index contributed by atoms with van der Waals surface area (Å²) in [5.41, 5.74) is 1.00. The van der Waals surface area contributed by atoms with Gasteiger partial charge in [-0.25, -0.2) is 5.10 Å². The first-order valence-corrected chi connectivity index (χ1v) is 5.68. The largest absolute Gasteiger partial charge is 0.497 e. The minimum atomic E-state index is -0.337. The van der Waals surface area contributed by atoms with E-state index in [2.05, 4.69) is 15.5 Å². The van der Waals surface area contributed by atoms with Gasteiger partial charge in [0.1, 0.15) is 11.4 Å². The van der Waals surface area contributed by atoms with Gasteiger partial charge in [0.05, 0.1) is 18.3 Å². The highest BCUT2D eigenvalue weighted by Crippen LogP contribution is 2.16. The van der Waals surface area contributed by atoms with Crippen molar-refractivity contribution in [1.29, 1.82) is 0 Å². The number of H-pyrrole nitrogens is 1. The maximum Gasteiger partial charge on any atom is 0.289 e. The molecule has 0 saturated heterocycles. The number of nitrogens with one attached hydrogen (secondary N) is 2. The average Bonchev–Trinajstić information content (AvgIpc) is 2.39. The first-order valence-electron chi connectivity index (χ1n) is 5.30. The monoisotopic (exact) mass is 265 g/mol. The van der Waals surface area contributed by atoms with Gasteiger partial charge in [0.2, 0.25) is 0 Å². The summed E-state index contributed by atoms with van der Waals surface area (Å²) < 4.78 is 5.07. The molecule has 94 valence electrons. The molecule has 0 bridgehead atoms. The van der Waals surface area contributed by atoms with E-state index in [1.807, 2.05) is 24.3 Å². The van der Waals surface area contributed by atoms with Crippen LogP contribution in [0, 0.1) is 0 Å². The maximum atomic E-state index is 11.5. The molecule has 0 unspecified atom stereocenters. The van der Waals surface area contributed by atoms with Crippen LogP contribution in [0.5, 0.6) is 5.75 Å². The van der Waals surface area contributed by atoms with Gasteiger partial charge in [-0.1, -0.05) is 23.7 Å². The lowest BCUT2D eigenvalue weighted by Crippen LogP contribution is -2.15. The van der Waals surface area contributed by atoms with Crippen LogP contribution in [0.4, 0.5) is 5.69 Å². The number of aromatic nitrogens is 2. The summed E-state index contributed by atoms with van der Waals surface area (Å²) in [6.45, 7) is 0.497. The number of ether oxygens (including phenoxy) is 1. The second-order valence-corrected chi connectivity index (χ2v) is 4.03. The van der Waals surface area contributed by atoms with Crippen LogP contribution in [0.1, 0.15) is 5.56 Å². The third kappa shape index (κ3) is 2.81. The van der Waals surface area contributed by atoms with E-state index >= 15 is 0 Å². The Kier molecular flexibility index (Phi) is 3.84. The summed E-state index contributed by atoms with van der Waals surface area (Å²) in [7, 11) is 1.61. The summed E-state index contributed by atoms with van der Waals surface area (Å²) >= 11 is 5.88. The Balaban J connectivity index is 2.09. The lowest BCUT2D eigenvalue weighted by molar-refractivity contribution is 0.414. The normalized spacial score (nSPS) is 10.1. The fourth-order valence-corrected chi connectivity index (χ4v) is 1.68. The number of halogens is 1. The number of hydrogen-bond donors (Lipinski definition) is 2. The predicted octanol–water partition coefficient (Wildman–Crippen LogP) is 2.04. The van der Waals surface area contributed by atoms with Crippen LogP contribution < -0.4 is 15.6 Å². The molecule has 0 amide bonds. The van der Waals surface area contributed by atoms with Crippen molar-refractivity contribution in [2.24, 2.45) is 0 Å². The van der Waals surface area contributed by atoms with E-state index < -0.39 is 0 Å². The van der Waals surface area contributed by atoms with Gasteiger partial charge < -0.3 is 10.1 Å². The quantitative estimate of drug-likeness (QED) is 0.888. The minimum Gasteiger partial charge on any atom is -0.497 e. The summed E-state index contributed by atoms with van der Waals surface area (Å²) in [5, 5.41) is 9.20. The summed E-state index contributed by atoms with van der Waals surface area (Å²) in [5.74, 6) is 0.790. The molecule has 1 aromatic heterocycles. The zero-order valence-corrected chi connectivity index (χ0v) is 10.5. The summed E-state index contributed by atoms with van der Waals surface area (Å²) in [6.07, 6.45) is 1.39. The molecule has 0 radical (unpaired) electrons. The Morgan fingerprint density at radius 1 is 1.39 bits per heavy atom. The topological polar surface area (TPSA) is 67.0 Å². The summed E-state index contributed by atoms with van der Waals surface area (Å²) in [4.78, 5) is 11.5. The molecule has 2 N–H and O–H groups in total. The van der Waals surface area contributed by atoms with Crippen molar-refractivity contribution in [3.63, 3.8) is 0 Å². The summed E-state index contributed by atoms with van der Waals surface area (Å²) in [6, 6.07) is 7.54. The van der Waals surface area contributed by atoms with Crippen molar-refractivity contribution in [3.05, 3.63) is 51.4 Å². The van der Waals surface area contributed by atoms with Crippen LogP contribution in [-0.2, 0) is 6.54 Å². The number of rotatable bonds is 4. The Morgan fingerprint density at radius 2 is 2.11 bits per heavy atom. The van der Waals surface area contributed by atoms with E-state index in [1.165, 1.54) is 6.20 Å². The zero-order valence-electron chi connectivity index (χ0n) is 9.74. The number of anilines is 1. The van der Waals surface area contributed by atoms with Crippen LogP contribution >= 0.6 is 11.6 Å². The molecule has 0 atom stereocenters. The van der Waals surface area contributed by atoms with Gasteiger partial charge in [0.15, 0.2) is 0 Å². The molecule has 2 rings (SSSR count). The highest BCUT2D eigenvalue weighted by atomic mass is 35.5. The van der Waals surface area contributed by atoms with Crippen LogP contribution in [0.15, 0.2) is 35.3 Å². The number of methoxy groups -OCH3 is 1. The molecule has 0 aliphatic rings. The molecular weight excluding hydrogens is 254 g/mol. The Bertz CT molecular complexity index is 581. The zero-order chi connectivity index (χ0) is 13.0. The maximum absolute atomic E-state index is 11.5. The number of hydrogen-bond acceptors (Lipinski definition) is 4. The minimum absolute atomic E-state index is 0.298. The van der Waals surface area contributed by atoms with E-state index in [0.717, 1.165) is 11.3 Å². The van der Waals surface area contributed by atoms with Gasteiger partial charge in [-0.15, -0.1) is 0 Å². The van der Waals surface area contributed by atoms with Crippen LogP contribution in [0.2, 0.25) is 5.02 Å². The van der Waals surface area contributed by atoms with Crippen molar-refractivity contribution in [3.8, 4) is 5.75 Å². The molecular formula is C12H12ClN3O2. The number of aromatic amines is 1. The number of benzene rings is 1. The third-order valence-corrected chi connectivity index (χ3v) is 2.72. The number of nitrogens with zero attached hydrogens (tertiary/aromatic N) is 1. The smallest absolute Gasteiger partial charge is 0.289 e. The van der Waals surface area contributed by atoms with Crippen molar-refractivity contribution in [2.75, 3.05) is 12.4 Å². The van der Waals surface area contributed by atoms with Gasteiger partial charge >= 0.3 is 0 Å². The molecule has 0 aliphatic heterocycles.